The number of rotatable bonds is 10. The molecular weight excluding hydrogens is 408 g/mol. The first kappa shape index (κ1) is 23.8. The number of hydrogen-bond donors (Lipinski definition) is 1. The molecule has 2 heterocycles. The van der Waals surface area contributed by atoms with Crippen LogP contribution in [0.4, 0.5) is 0 Å². The van der Waals surface area contributed by atoms with E-state index in [1.807, 2.05) is 22.8 Å². The third-order valence-corrected chi connectivity index (χ3v) is 7.04. The van der Waals surface area contributed by atoms with Crippen LogP contribution in [0.25, 0.3) is 0 Å². The number of aliphatic hydroxyl groups is 1. The first-order valence-corrected chi connectivity index (χ1v) is 12.3. The maximum absolute atomic E-state index is 13.3. The summed E-state index contributed by atoms with van der Waals surface area (Å²) in [5.74, 6) is 0.981. The summed E-state index contributed by atoms with van der Waals surface area (Å²) >= 11 is 1.76. The van der Waals surface area contributed by atoms with Gasteiger partial charge in [-0.2, -0.15) is 0 Å². The van der Waals surface area contributed by atoms with Gasteiger partial charge in [0.15, 0.2) is 0 Å². The minimum Gasteiger partial charge on any atom is -0.491 e. The molecule has 5 nitrogen and oxygen atoms in total. The van der Waals surface area contributed by atoms with Crippen LogP contribution in [0.3, 0.4) is 0 Å². The van der Waals surface area contributed by atoms with Gasteiger partial charge in [-0.25, -0.2) is 0 Å². The molecule has 6 heteroatoms. The molecule has 1 aliphatic heterocycles. The number of aliphatic hydroxyl groups excluding tert-OH is 1. The van der Waals surface area contributed by atoms with Crippen molar-refractivity contribution < 1.29 is 14.6 Å². The molecule has 0 saturated heterocycles. The summed E-state index contributed by atoms with van der Waals surface area (Å²) in [6, 6.07) is 8.25. The number of ether oxygens (including phenoxy) is 1. The predicted molar refractivity (Wildman–Crippen MR) is 127 cm³/mol. The van der Waals surface area contributed by atoms with Gasteiger partial charge in [0.05, 0.1) is 18.7 Å². The molecule has 0 radical (unpaired) electrons. The van der Waals surface area contributed by atoms with Crippen molar-refractivity contribution in [3.63, 3.8) is 0 Å². The highest BCUT2D eigenvalue weighted by atomic mass is 32.1. The highest BCUT2D eigenvalue weighted by Crippen LogP contribution is 2.34. The number of hydrogen-bond acceptors (Lipinski definition) is 5. The van der Waals surface area contributed by atoms with Gasteiger partial charge in [-0.05, 0) is 61.9 Å². The lowest BCUT2D eigenvalue weighted by Gasteiger charge is -2.37. The quantitative estimate of drug-likeness (QED) is 0.592. The van der Waals surface area contributed by atoms with Crippen LogP contribution < -0.4 is 4.74 Å². The largest absolute Gasteiger partial charge is 0.491 e. The summed E-state index contributed by atoms with van der Waals surface area (Å²) in [7, 11) is 0. The van der Waals surface area contributed by atoms with Crippen LogP contribution in [0.15, 0.2) is 29.6 Å². The summed E-state index contributed by atoms with van der Waals surface area (Å²) < 4.78 is 6.22. The molecule has 170 valence electrons. The molecule has 2 unspecified atom stereocenters. The molecule has 1 aromatic carbocycles. The second kappa shape index (κ2) is 11.1. The minimum absolute atomic E-state index is 0.0810. The lowest BCUT2D eigenvalue weighted by Crippen LogP contribution is -2.47. The second-order valence-corrected chi connectivity index (χ2v) is 9.50. The zero-order chi connectivity index (χ0) is 22.4. The summed E-state index contributed by atoms with van der Waals surface area (Å²) in [5, 5.41) is 12.3. The minimum atomic E-state index is -0.383. The molecular formula is C25H36N2O3S. The summed E-state index contributed by atoms with van der Waals surface area (Å²) in [4.78, 5) is 18.7. The smallest absolute Gasteiger partial charge is 0.237 e. The van der Waals surface area contributed by atoms with E-state index in [4.69, 9.17) is 4.74 Å². The number of likely N-dealkylation sites (N-methyl/N-ethyl adjacent to an activating group) is 1. The number of amides is 1. The van der Waals surface area contributed by atoms with Gasteiger partial charge in [-0.1, -0.05) is 38.0 Å². The van der Waals surface area contributed by atoms with Crippen molar-refractivity contribution in [2.24, 2.45) is 0 Å². The van der Waals surface area contributed by atoms with E-state index in [9.17, 15) is 9.90 Å². The van der Waals surface area contributed by atoms with Crippen molar-refractivity contribution in [1.82, 2.24) is 9.80 Å². The van der Waals surface area contributed by atoms with Crippen LogP contribution in [0, 0.1) is 13.8 Å². The van der Waals surface area contributed by atoms with Crippen molar-refractivity contribution in [3.05, 3.63) is 51.2 Å². The molecule has 3 rings (SSSR count). The molecule has 2 atom stereocenters. The molecule has 0 saturated carbocycles. The summed E-state index contributed by atoms with van der Waals surface area (Å²) in [5.41, 5.74) is 3.54. The van der Waals surface area contributed by atoms with E-state index in [1.54, 1.807) is 11.3 Å². The van der Waals surface area contributed by atoms with Crippen LogP contribution in [0.2, 0.25) is 0 Å². The van der Waals surface area contributed by atoms with Crippen molar-refractivity contribution in [2.45, 2.75) is 59.1 Å². The Kier molecular flexibility index (Phi) is 8.52. The van der Waals surface area contributed by atoms with Crippen molar-refractivity contribution in [1.29, 1.82) is 0 Å². The standard InChI is InChI=1S/C25H36N2O3S/c1-5-7-20(28)15-26(6-2)16-25(29)27-12-10-24-21(11-13-31-24)22(27)17-30-23-9-8-18(3)14-19(23)4/h8-9,11,13-14,20,22,28H,5-7,10,12,15-17H2,1-4H3. The monoisotopic (exact) mass is 444 g/mol. The Morgan fingerprint density at radius 1 is 1.32 bits per heavy atom. The van der Waals surface area contributed by atoms with E-state index in [2.05, 4.69) is 44.4 Å². The van der Waals surface area contributed by atoms with Crippen LogP contribution >= 0.6 is 11.3 Å². The molecule has 1 amide bonds. The molecule has 0 aliphatic carbocycles. The van der Waals surface area contributed by atoms with Crippen molar-refractivity contribution >= 4 is 17.2 Å². The van der Waals surface area contributed by atoms with Gasteiger partial charge in [-0.3, -0.25) is 9.69 Å². The Labute approximate surface area is 190 Å². The van der Waals surface area contributed by atoms with Gasteiger partial charge in [0, 0.05) is 18.0 Å². The fourth-order valence-electron chi connectivity index (χ4n) is 4.31. The third kappa shape index (κ3) is 6.09. The lowest BCUT2D eigenvalue weighted by atomic mass is 10.00. The highest BCUT2D eigenvalue weighted by Gasteiger charge is 2.33. The van der Waals surface area contributed by atoms with Gasteiger partial charge >= 0.3 is 0 Å². The van der Waals surface area contributed by atoms with E-state index in [0.29, 0.717) is 26.2 Å². The number of thiophene rings is 1. The molecule has 1 N–H and O–H groups in total. The Bertz CT molecular complexity index is 866. The van der Waals surface area contributed by atoms with Crippen LogP contribution in [-0.2, 0) is 11.2 Å². The van der Waals surface area contributed by atoms with E-state index in [0.717, 1.165) is 37.1 Å². The number of carbonyl (C=O) groups is 1. The predicted octanol–water partition coefficient (Wildman–Crippen LogP) is 4.35. The normalized spacial score (nSPS) is 17.0. The van der Waals surface area contributed by atoms with Crippen LogP contribution in [0.5, 0.6) is 5.75 Å². The highest BCUT2D eigenvalue weighted by molar-refractivity contribution is 7.10. The maximum atomic E-state index is 13.3. The van der Waals surface area contributed by atoms with Crippen LogP contribution in [0.1, 0.15) is 54.3 Å². The number of nitrogens with zero attached hydrogens (tertiary/aromatic N) is 2. The van der Waals surface area contributed by atoms with E-state index in [-0.39, 0.29) is 18.1 Å². The molecule has 0 bridgehead atoms. The molecule has 1 aromatic heterocycles. The Hall–Kier alpha value is -1.89. The average Bonchev–Trinajstić information content (AvgIpc) is 3.21. The topological polar surface area (TPSA) is 53.0 Å². The summed E-state index contributed by atoms with van der Waals surface area (Å²) in [6.45, 7) is 11.0. The molecule has 1 aliphatic rings. The fraction of sp³-hybridized carbons (Fsp3) is 0.560. The fourth-order valence-corrected chi connectivity index (χ4v) is 5.24. The van der Waals surface area contributed by atoms with Crippen molar-refractivity contribution in [2.75, 3.05) is 32.8 Å². The second-order valence-electron chi connectivity index (χ2n) is 8.50. The van der Waals surface area contributed by atoms with Gasteiger partial charge in [0.2, 0.25) is 5.91 Å². The number of fused-ring (bicyclic) bond motifs is 1. The maximum Gasteiger partial charge on any atom is 0.237 e. The van der Waals surface area contributed by atoms with Gasteiger partial charge in [0.1, 0.15) is 12.4 Å². The van der Waals surface area contributed by atoms with Crippen LogP contribution in [-0.4, -0.2) is 59.7 Å². The Balaban J connectivity index is 1.72. The SMILES string of the molecule is CCCC(O)CN(CC)CC(=O)N1CCc2sccc2C1COc1ccc(C)cc1C. The molecule has 0 spiro atoms. The first-order chi connectivity index (χ1) is 14.9. The third-order valence-electron chi connectivity index (χ3n) is 6.04. The number of benzene rings is 1. The number of aryl methyl sites for hydroxylation is 2. The average molecular weight is 445 g/mol. The van der Waals surface area contributed by atoms with Gasteiger partial charge in [0.25, 0.3) is 0 Å². The lowest BCUT2D eigenvalue weighted by molar-refractivity contribution is -0.136. The zero-order valence-electron chi connectivity index (χ0n) is 19.3. The van der Waals surface area contributed by atoms with Gasteiger partial charge in [-0.15, -0.1) is 11.3 Å². The first-order valence-electron chi connectivity index (χ1n) is 11.4. The number of carbonyl (C=O) groups excluding carboxylic acids is 1. The molecule has 2 aromatic rings. The van der Waals surface area contributed by atoms with Crippen molar-refractivity contribution in [3.8, 4) is 5.75 Å². The Morgan fingerprint density at radius 3 is 2.84 bits per heavy atom. The molecule has 0 fully saturated rings. The van der Waals surface area contributed by atoms with Gasteiger partial charge < -0.3 is 14.7 Å². The van der Waals surface area contributed by atoms with E-state index >= 15 is 0 Å². The Morgan fingerprint density at radius 2 is 2.13 bits per heavy atom. The zero-order valence-corrected chi connectivity index (χ0v) is 20.1. The van der Waals surface area contributed by atoms with E-state index < -0.39 is 0 Å². The summed E-state index contributed by atoms with van der Waals surface area (Å²) in [6.07, 6.45) is 2.21. The molecule has 31 heavy (non-hydrogen) atoms. The van der Waals surface area contributed by atoms with E-state index in [1.165, 1.54) is 16.0 Å².